The van der Waals surface area contributed by atoms with Crippen LogP contribution in [0.5, 0.6) is 0 Å². The van der Waals surface area contributed by atoms with E-state index >= 15 is 0 Å². The number of nitrogens with one attached hydrogen (secondary N) is 3. The highest BCUT2D eigenvalue weighted by atomic mass is 35.5. The Morgan fingerprint density at radius 2 is 2.00 bits per heavy atom. The van der Waals surface area contributed by atoms with E-state index in [-0.39, 0.29) is 11.9 Å². The van der Waals surface area contributed by atoms with Gasteiger partial charge < -0.3 is 16.0 Å². The molecule has 1 heterocycles. The molecule has 0 bridgehead atoms. The molecule has 0 spiro atoms. The molecule has 3 amide bonds. The van der Waals surface area contributed by atoms with Gasteiger partial charge in [0.2, 0.25) is 5.91 Å². The molecule has 1 aliphatic heterocycles. The van der Waals surface area contributed by atoms with Crippen LogP contribution in [0.3, 0.4) is 0 Å². The first-order valence-corrected chi connectivity index (χ1v) is 6.64. The predicted octanol–water partition coefficient (Wildman–Crippen LogP) is 2.13. The number of urea groups is 1. The van der Waals surface area contributed by atoms with Gasteiger partial charge in [-0.05, 0) is 43.5 Å². The highest BCUT2D eigenvalue weighted by Crippen LogP contribution is 2.13. The zero-order valence-electron chi connectivity index (χ0n) is 10.4. The monoisotopic (exact) mass is 281 g/mol. The van der Waals surface area contributed by atoms with Crippen molar-refractivity contribution in [3.05, 3.63) is 29.3 Å². The van der Waals surface area contributed by atoms with Gasteiger partial charge in [0.1, 0.15) is 6.04 Å². The summed E-state index contributed by atoms with van der Waals surface area (Å²) in [6.07, 6.45) is 2.53. The smallest absolute Gasteiger partial charge is 0.319 e. The minimum atomic E-state index is -0.463. The van der Waals surface area contributed by atoms with E-state index in [1.165, 1.54) is 0 Å². The quantitative estimate of drug-likeness (QED) is 0.777. The Balaban J connectivity index is 1.89. The van der Waals surface area contributed by atoms with E-state index in [9.17, 15) is 9.59 Å². The Hall–Kier alpha value is -1.75. The van der Waals surface area contributed by atoms with Crippen LogP contribution in [0.2, 0.25) is 5.02 Å². The van der Waals surface area contributed by atoms with Gasteiger partial charge in [-0.3, -0.25) is 4.79 Å². The number of anilines is 1. The average molecular weight is 282 g/mol. The van der Waals surface area contributed by atoms with Crippen molar-refractivity contribution in [3.63, 3.8) is 0 Å². The van der Waals surface area contributed by atoms with Crippen molar-refractivity contribution in [2.45, 2.75) is 25.3 Å². The van der Waals surface area contributed by atoms with Crippen molar-refractivity contribution in [1.29, 1.82) is 0 Å². The van der Waals surface area contributed by atoms with Crippen LogP contribution in [0.25, 0.3) is 0 Å². The lowest BCUT2D eigenvalue weighted by molar-refractivity contribution is -0.122. The topological polar surface area (TPSA) is 70.2 Å². The van der Waals surface area contributed by atoms with Gasteiger partial charge in [0.15, 0.2) is 0 Å². The molecule has 1 fully saturated rings. The van der Waals surface area contributed by atoms with Crippen LogP contribution in [-0.4, -0.2) is 24.5 Å². The third-order valence-corrected chi connectivity index (χ3v) is 3.19. The Kier molecular flexibility index (Phi) is 4.63. The van der Waals surface area contributed by atoms with Gasteiger partial charge in [-0.25, -0.2) is 4.79 Å². The maximum atomic E-state index is 11.8. The second-order valence-corrected chi connectivity index (χ2v) is 4.88. The summed E-state index contributed by atoms with van der Waals surface area (Å²) in [5.41, 5.74) is 0.635. The largest absolute Gasteiger partial charge is 0.354 e. The SMILES string of the molecule is O=C(Nc1ccc(Cl)cc1)N[C@H]1CCCCNC1=O. The number of rotatable bonds is 2. The van der Waals surface area contributed by atoms with E-state index in [0.29, 0.717) is 23.7 Å². The lowest BCUT2D eigenvalue weighted by atomic mass is 10.1. The molecule has 1 aromatic carbocycles. The van der Waals surface area contributed by atoms with Crippen LogP contribution < -0.4 is 16.0 Å². The maximum absolute atomic E-state index is 11.8. The molecule has 102 valence electrons. The van der Waals surface area contributed by atoms with Crippen LogP contribution in [0, 0.1) is 0 Å². The molecule has 5 nitrogen and oxygen atoms in total. The lowest BCUT2D eigenvalue weighted by Gasteiger charge is -2.15. The van der Waals surface area contributed by atoms with E-state index in [1.54, 1.807) is 24.3 Å². The van der Waals surface area contributed by atoms with Crippen molar-refractivity contribution in [1.82, 2.24) is 10.6 Å². The zero-order valence-corrected chi connectivity index (χ0v) is 11.2. The Labute approximate surface area is 116 Å². The molecule has 19 heavy (non-hydrogen) atoms. The molecule has 0 aliphatic carbocycles. The first-order chi connectivity index (χ1) is 9.15. The van der Waals surface area contributed by atoms with E-state index in [1.807, 2.05) is 0 Å². The maximum Gasteiger partial charge on any atom is 0.319 e. The fourth-order valence-corrected chi connectivity index (χ4v) is 2.06. The molecule has 1 saturated heterocycles. The highest BCUT2D eigenvalue weighted by Gasteiger charge is 2.22. The van der Waals surface area contributed by atoms with Crippen molar-refractivity contribution in [2.24, 2.45) is 0 Å². The predicted molar refractivity (Wildman–Crippen MR) is 74.3 cm³/mol. The fourth-order valence-electron chi connectivity index (χ4n) is 1.94. The van der Waals surface area contributed by atoms with Crippen molar-refractivity contribution in [3.8, 4) is 0 Å². The molecule has 2 rings (SSSR count). The van der Waals surface area contributed by atoms with Crippen LogP contribution >= 0.6 is 11.6 Å². The number of hydrogen-bond donors (Lipinski definition) is 3. The molecular weight excluding hydrogens is 266 g/mol. The summed E-state index contributed by atoms with van der Waals surface area (Å²) in [6, 6.07) is 5.94. The molecule has 0 radical (unpaired) electrons. The first-order valence-electron chi connectivity index (χ1n) is 6.26. The van der Waals surface area contributed by atoms with Gasteiger partial charge in [-0.1, -0.05) is 11.6 Å². The van der Waals surface area contributed by atoms with Crippen LogP contribution in [0.1, 0.15) is 19.3 Å². The normalized spacial score (nSPS) is 19.2. The molecule has 0 aromatic heterocycles. The van der Waals surface area contributed by atoms with Crippen LogP contribution in [0.15, 0.2) is 24.3 Å². The Morgan fingerprint density at radius 3 is 2.74 bits per heavy atom. The van der Waals surface area contributed by atoms with E-state index in [4.69, 9.17) is 11.6 Å². The van der Waals surface area contributed by atoms with Gasteiger partial charge >= 0.3 is 6.03 Å². The number of amides is 3. The minimum absolute atomic E-state index is 0.122. The number of benzene rings is 1. The van der Waals surface area contributed by atoms with Crippen molar-refractivity contribution >= 4 is 29.2 Å². The zero-order chi connectivity index (χ0) is 13.7. The summed E-state index contributed by atoms with van der Waals surface area (Å²) in [7, 11) is 0. The second-order valence-electron chi connectivity index (χ2n) is 4.44. The molecule has 1 aliphatic rings. The molecule has 6 heteroatoms. The number of hydrogen-bond acceptors (Lipinski definition) is 2. The summed E-state index contributed by atoms with van der Waals surface area (Å²) in [6.45, 7) is 0.676. The first kappa shape index (κ1) is 13.7. The molecule has 0 saturated carbocycles. The minimum Gasteiger partial charge on any atom is -0.354 e. The van der Waals surface area contributed by atoms with Crippen LogP contribution in [0.4, 0.5) is 10.5 Å². The number of carbonyl (C=O) groups is 2. The van der Waals surface area contributed by atoms with Crippen molar-refractivity contribution in [2.75, 3.05) is 11.9 Å². The second kappa shape index (κ2) is 6.43. The highest BCUT2D eigenvalue weighted by molar-refractivity contribution is 6.30. The van der Waals surface area contributed by atoms with E-state index in [0.717, 1.165) is 12.8 Å². The Bertz CT molecular complexity index is 461. The van der Waals surface area contributed by atoms with Gasteiger partial charge in [0, 0.05) is 17.3 Å². The third-order valence-electron chi connectivity index (χ3n) is 2.94. The van der Waals surface area contributed by atoms with Gasteiger partial charge in [0.05, 0.1) is 0 Å². The molecule has 1 atom stereocenters. The number of halogens is 1. The van der Waals surface area contributed by atoms with Gasteiger partial charge in [-0.2, -0.15) is 0 Å². The molecule has 0 unspecified atom stereocenters. The molecule has 1 aromatic rings. The average Bonchev–Trinajstić information content (AvgIpc) is 2.58. The molecular formula is C13H16ClN3O2. The summed E-state index contributed by atoms with van der Waals surface area (Å²) in [5.74, 6) is -0.122. The summed E-state index contributed by atoms with van der Waals surface area (Å²) >= 11 is 5.76. The fraction of sp³-hybridized carbons (Fsp3) is 0.385. The van der Waals surface area contributed by atoms with Gasteiger partial charge in [0.25, 0.3) is 0 Å². The summed E-state index contributed by atoms with van der Waals surface area (Å²) < 4.78 is 0. The standard InChI is InChI=1S/C13H16ClN3O2/c14-9-4-6-10(7-5-9)16-13(19)17-11-3-1-2-8-15-12(11)18/h4-7,11H,1-3,8H2,(H,15,18)(H2,16,17,19)/t11-/m0/s1. The summed E-state index contributed by atoms with van der Waals surface area (Å²) in [4.78, 5) is 23.5. The van der Waals surface area contributed by atoms with Crippen molar-refractivity contribution < 1.29 is 9.59 Å². The van der Waals surface area contributed by atoms with Gasteiger partial charge in [-0.15, -0.1) is 0 Å². The Morgan fingerprint density at radius 1 is 1.26 bits per heavy atom. The van der Waals surface area contributed by atoms with Crippen LogP contribution in [-0.2, 0) is 4.79 Å². The lowest BCUT2D eigenvalue weighted by Crippen LogP contribution is -2.46. The molecule has 3 N–H and O–H groups in total. The third kappa shape index (κ3) is 4.13. The number of carbonyl (C=O) groups excluding carboxylic acids is 2. The van der Waals surface area contributed by atoms with E-state index < -0.39 is 6.04 Å². The van der Waals surface area contributed by atoms with E-state index in [2.05, 4.69) is 16.0 Å². The summed E-state index contributed by atoms with van der Waals surface area (Å²) in [5, 5.41) is 8.72.